The van der Waals surface area contributed by atoms with Gasteiger partial charge in [-0.05, 0) is 70.1 Å². The van der Waals surface area contributed by atoms with Gasteiger partial charge in [0, 0.05) is 5.56 Å². The summed E-state index contributed by atoms with van der Waals surface area (Å²) in [5, 5.41) is 12.2. The highest BCUT2D eigenvalue weighted by atomic mass is 79.9. The van der Waals surface area contributed by atoms with Crippen LogP contribution in [0.25, 0.3) is 6.08 Å². The van der Waals surface area contributed by atoms with Crippen molar-refractivity contribution in [2.45, 2.75) is 6.61 Å². The van der Waals surface area contributed by atoms with Gasteiger partial charge in [-0.3, -0.25) is 19.8 Å². The van der Waals surface area contributed by atoms with Crippen LogP contribution in [0.1, 0.15) is 16.7 Å². The summed E-state index contributed by atoms with van der Waals surface area (Å²) in [4.78, 5) is 27.0. The average molecular weight is 622 g/mol. The Morgan fingerprint density at radius 1 is 1.08 bits per heavy atom. The third-order valence-electron chi connectivity index (χ3n) is 5.12. The van der Waals surface area contributed by atoms with Crippen LogP contribution in [0.2, 0.25) is 15.1 Å². The summed E-state index contributed by atoms with van der Waals surface area (Å²) < 4.78 is 6.34. The van der Waals surface area contributed by atoms with Gasteiger partial charge in [-0.1, -0.05) is 59.1 Å². The molecule has 2 amide bonds. The first kappa shape index (κ1) is 26.1. The summed E-state index contributed by atoms with van der Waals surface area (Å²) in [6.45, 7) is 0.121. The van der Waals surface area contributed by atoms with Crippen molar-refractivity contribution in [1.82, 2.24) is 5.32 Å². The molecule has 3 aromatic carbocycles. The van der Waals surface area contributed by atoms with Crippen LogP contribution in [0.15, 0.2) is 64.6 Å². The Balaban J connectivity index is 1.64. The average Bonchev–Trinajstić information content (AvgIpc) is 2.84. The van der Waals surface area contributed by atoms with Gasteiger partial charge in [0.1, 0.15) is 12.2 Å². The van der Waals surface area contributed by atoms with E-state index in [1.807, 2.05) is 6.07 Å². The minimum atomic E-state index is -0.673. The molecule has 1 fully saturated rings. The molecule has 0 radical (unpaired) electrons. The fraction of sp³-hybridized carbons (Fsp3) is 0.0400. The molecule has 3 aromatic rings. The molecule has 1 N–H and O–H groups in total. The van der Waals surface area contributed by atoms with E-state index in [1.165, 1.54) is 6.08 Å². The van der Waals surface area contributed by atoms with Crippen molar-refractivity contribution in [3.63, 3.8) is 0 Å². The monoisotopic (exact) mass is 619 g/mol. The minimum absolute atomic E-state index is 0.119. The Labute approximate surface area is 235 Å². The Bertz CT molecular complexity index is 1480. The molecule has 6 nitrogen and oxygen atoms in total. The quantitative estimate of drug-likeness (QED) is 0.195. The summed E-state index contributed by atoms with van der Waals surface area (Å²) >= 11 is 27.5. The SMILES string of the molecule is N#Cc1ccccc1COc1c(Cl)cc(/C=C2\C(=O)NC(=S)N(c3cccc(Cl)c3Cl)C2=O)cc1Br. The highest BCUT2D eigenvalue weighted by molar-refractivity contribution is 9.10. The van der Waals surface area contributed by atoms with Gasteiger partial charge in [-0.15, -0.1) is 0 Å². The molecule has 4 rings (SSSR count). The predicted octanol–water partition coefficient (Wildman–Crippen LogP) is 6.69. The number of hydrogen-bond acceptors (Lipinski definition) is 5. The molecular formula is C25H13BrCl3N3O3S. The number of anilines is 1. The smallest absolute Gasteiger partial charge is 0.270 e. The van der Waals surface area contributed by atoms with Gasteiger partial charge in [0.05, 0.1) is 36.9 Å². The second-order valence-electron chi connectivity index (χ2n) is 7.40. The van der Waals surface area contributed by atoms with Crippen molar-refractivity contribution in [3.05, 3.63) is 96.4 Å². The molecule has 0 aromatic heterocycles. The maximum Gasteiger partial charge on any atom is 0.270 e. The molecule has 1 heterocycles. The van der Waals surface area contributed by atoms with Crippen molar-refractivity contribution in [1.29, 1.82) is 5.26 Å². The highest BCUT2D eigenvalue weighted by Gasteiger charge is 2.35. The van der Waals surface area contributed by atoms with Crippen molar-refractivity contribution < 1.29 is 14.3 Å². The van der Waals surface area contributed by atoms with E-state index in [0.29, 0.717) is 26.9 Å². The molecule has 0 unspecified atom stereocenters. The summed E-state index contributed by atoms with van der Waals surface area (Å²) in [6, 6.07) is 17.1. The lowest BCUT2D eigenvalue weighted by molar-refractivity contribution is -0.122. The zero-order valence-electron chi connectivity index (χ0n) is 18.0. The molecule has 1 saturated heterocycles. The number of ether oxygens (including phenoxy) is 1. The molecular weight excluding hydrogens is 609 g/mol. The molecule has 1 aliphatic heterocycles. The maximum absolute atomic E-state index is 13.3. The van der Waals surface area contributed by atoms with Gasteiger partial charge in [-0.2, -0.15) is 5.26 Å². The van der Waals surface area contributed by atoms with Crippen molar-refractivity contribution in [2.24, 2.45) is 0 Å². The number of thiocarbonyl (C=S) groups is 1. The molecule has 0 spiro atoms. The Morgan fingerprint density at radius 3 is 2.56 bits per heavy atom. The lowest BCUT2D eigenvalue weighted by Crippen LogP contribution is -2.54. The van der Waals surface area contributed by atoms with E-state index in [2.05, 4.69) is 27.3 Å². The molecule has 1 aliphatic rings. The van der Waals surface area contributed by atoms with Crippen molar-refractivity contribution in [2.75, 3.05) is 4.90 Å². The van der Waals surface area contributed by atoms with Gasteiger partial charge in [0.2, 0.25) is 0 Å². The second-order valence-corrected chi connectivity index (χ2v) is 9.84. The summed E-state index contributed by atoms with van der Waals surface area (Å²) in [7, 11) is 0. The Morgan fingerprint density at radius 2 is 1.83 bits per heavy atom. The number of nitrogens with zero attached hydrogens (tertiary/aromatic N) is 2. The first-order valence-corrected chi connectivity index (χ1v) is 12.5. The topological polar surface area (TPSA) is 82.4 Å². The van der Waals surface area contributed by atoms with Gasteiger partial charge in [0.15, 0.2) is 10.9 Å². The third kappa shape index (κ3) is 5.26. The lowest BCUT2D eigenvalue weighted by atomic mass is 10.1. The summed E-state index contributed by atoms with van der Waals surface area (Å²) in [5.41, 5.74) is 1.72. The van der Waals surface area contributed by atoms with E-state index in [-0.39, 0.29) is 38.0 Å². The first-order valence-electron chi connectivity index (χ1n) is 10.2. The number of carbonyl (C=O) groups is 2. The van der Waals surface area contributed by atoms with Crippen molar-refractivity contribution >= 4 is 91.6 Å². The Hall–Kier alpha value is -2.93. The number of nitriles is 1. The van der Waals surface area contributed by atoms with E-state index in [4.69, 9.17) is 51.8 Å². The normalized spacial score (nSPS) is 14.6. The zero-order chi connectivity index (χ0) is 26.0. The first-order chi connectivity index (χ1) is 17.2. The summed E-state index contributed by atoms with van der Waals surface area (Å²) in [5.74, 6) is -0.992. The second kappa shape index (κ2) is 11.0. The van der Waals surface area contributed by atoms with Crippen LogP contribution in [0.3, 0.4) is 0 Å². The van der Waals surface area contributed by atoms with Crippen LogP contribution in [0.4, 0.5) is 5.69 Å². The van der Waals surface area contributed by atoms with Crippen molar-refractivity contribution in [3.8, 4) is 11.8 Å². The summed E-state index contributed by atoms with van der Waals surface area (Å²) in [6.07, 6.45) is 1.39. The van der Waals surface area contributed by atoms with Crippen LogP contribution >= 0.6 is 63.0 Å². The maximum atomic E-state index is 13.3. The number of halogens is 4. The van der Waals surface area contributed by atoms with Gasteiger partial charge in [0.25, 0.3) is 11.8 Å². The highest BCUT2D eigenvalue weighted by Crippen LogP contribution is 2.37. The van der Waals surface area contributed by atoms with Crippen LogP contribution in [-0.2, 0) is 16.2 Å². The van der Waals surface area contributed by atoms with Crippen LogP contribution in [0.5, 0.6) is 5.75 Å². The lowest BCUT2D eigenvalue weighted by Gasteiger charge is -2.29. The van der Waals surface area contributed by atoms with E-state index < -0.39 is 11.8 Å². The molecule has 36 heavy (non-hydrogen) atoms. The molecule has 11 heteroatoms. The molecule has 0 aliphatic carbocycles. The van der Waals surface area contributed by atoms with E-state index >= 15 is 0 Å². The zero-order valence-corrected chi connectivity index (χ0v) is 22.7. The van der Waals surface area contributed by atoms with E-state index in [9.17, 15) is 14.9 Å². The molecule has 180 valence electrons. The van der Waals surface area contributed by atoms with Gasteiger partial charge < -0.3 is 4.74 Å². The van der Waals surface area contributed by atoms with E-state index in [0.717, 1.165) is 4.90 Å². The number of amides is 2. The minimum Gasteiger partial charge on any atom is -0.486 e. The number of rotatable bonds is 5. The number of benzene rings is 3. The Kier molecular flexibility index (Phi) is 7.98. The van der Waals surface area contributed by atoms with Crippen LogP contribution in [-0.4, -0.2) is 16.9 Å². The molecule has 0 saturated carbocycles. The van der Waals surface area contributed by atoms with Gasteiger partial charge >= 0.3 is 0 Å². The van der Waals surface area contributed by atoms with Gasteiger partial charge in [-0.25, -0.2) is 0 Å². The van der Waals surface area contributed by atoms with Crippen LogP contribution < -0.4 is 15.0 Å². The fourth-order valence-electron chi connectivity index (χ4n) is 3.41. The van der Waals surface area contributed by atoms with Crippen LogP contribution in [0, 0.1) is 11.3 Å². The largest absolute Gasteiger partial charge is 0.486 e. The predicted molar refractivity (Wildman–Crippen MR) is 147 cm³/mol. The van der Waals surface area contributed by atoms with E-state index in [1.54, 1.807) is 48.5 Å². The number of nitrogens with one attached hydrogen (secondary N) is 1. The fourth-order valence-corrected chi connectivity index (χ4v) is 5.06. The standard InChI is InChI=1S/C25H13BrCl3N3O3S/c26-17-9-13(10-19(28)22(17)35-12-15-5-2-1-4-14(15)11-30)8-16-23(33)31-25(36)32(24(16)34)20-7-3-6-18(27)21(20)29/h1-10H,12H2,(H,31,33,36)/b16-8+. The third-order valence-corrected chi connectivity index (χ3v) is 7.08. The number of carbonyl (C=O) groups excluding carboxylic acids is 2. The molecule has 0 atom stereocenters. The number of hydrogen-bond donors (Lipinski definition) is 1. The molecule has 0 bridgehead atoms.